The van der Waals surface area contributed by atoms with Gasteiger partial charge in [-0.3, -0.25) is 9.69 Å². The first-order chi connectivity index (χ1) is 19.1. The topological polar surface area (TPSA) is 74.2 Å². The van der Waals surface area contributed by atoms with Gasteiger partial charge in [-0.2, -0.15) is 0 Å². The first-order valence-electron chi connectivity index (χ1n) is 12.7. The number of rotatable bonds is 8. The quantitative estimate of drug-likeness (QED) is 0.283. The third-order valence-corrected chi connectivity index (χ3v) is 6.12. The van der Waals surface area contributed by atoms with Crippen LogP contribution in [0.4, 0.5) is 17.1 Å². The summed E-state index contributed by atoms with van der Waals surface area (Å²) in [5.74, 6) is -0.544. The second-order valence-corrected chi connectivity index (χ2v) is 8.74. The molecule has 7 heteroatoms. The standard InChI is InChI=1S/C32H28N4O3/c1-2-39-32(38)30-34-36(28-16-10-5-11-17-28)29(23-18-24-12-6-3-7-13-24)35(30)27-21-19-26(20-22-27)33-31(37)25-14-8-4-9-15-25/h3-23,29H,2H2,1H3,(H,33,37). The van der Waals surface area contributed by atoms with Crippen LogP contribution in [0.1, 0.15) is 22.8 Å². The van der Waals surface area contributed by atoms with E-state index in [4.69, 9.17) is 9.84 Å². The first-order valence-corrected chi connectivity index (χ1v) is 12.7. The van der Waals surface area contributed by atoms with Crippen molar-refractivity contribution in [1.82, 2.24) is 0 Å². The largest absolute Gasteiger partial charge is 0.460 e. The lowest BCUT2D eigenvalue weighted by atomic mass is 10.1. The van der Waals surface area contributed by atoms with Crippen molar-refractivity contribution in [2.45, 2.75) is 13.1 Å². The van der Waals surface area contributed by atoms with Crippen molar-refractivity contribution >= 4 is 40.9 Å². The Morgan fingerprint density at radius 2 is 1.44 bits per heavy atom. The van der Waals surface area contributed by atoms with Crippen LogP contribution < -0.4 is 15.2 Å². The smallest absolute Gasteiger partial charge is 0.376 e. The lowest BCUT2D eigenvalue weighted by Gasteiger charge is -2.29. The van der Waals surface area contributed by atoms with Gasteiger partial charge in [0.05, 0.1) is 12.3 Å². The number of nitrogens with one attached hydrogen (secondary N) is 1. The van der Waals surface area contributed by atoms with E-state index in [1.54, 1.807) is 24.1 Å². The average molecular weight is 517 g/mol. The fourth-order valence-electron chi connectivity index (χ4n) is 4.27. The minimum Gasteiger partial charge on any atom is -0.460 e. The van der Waals surface area contributed by atoms with Gasteiger partial charge in [0.2, 0.25) is 5.84 Å². The highest BCUT2D eigenvalue weighted by atomic mass is 16.5. The summed E-state index contributed by atoms with van der Waals surface area (Å²) in [6, 6.07) is 36.0. The van der Waals surface area contributed by atoms with Crippen LogP contribution in [-0.4, -0.2) is 30.5 Å². The summed E-state index contributed by atoms with van der Waals surface area (Å²) in [5, 5.41) is 9.44. The van der Waals surface area contributed by atoms with Gasteiger partial charge in [-0.05, 0) is 67.1 Å². The zero-order valence-electron chi connectivity index (χ0n) is 21.5. The number of nitrogens with zero attached hydrogens (tertiary/aromatic N) is 3. The molecule has 0 fully saturated rings. The van der Waals surface area contributed by atoms with E-state index in [1.807, 2.05) is 120 Å². The fraction of sp³-hybridized carbons (Fsp3) is 0.0938. The molecule has 0 aliphatic carbocycles. The Labute approximate surface area is 227 Å². The molecular formula is C32H28N4O3. The van der Waals surface area contributed by atoms with E-state index in [9.17, 15) is 9.59 Å². The highest BCUT2D eigenvalue weighted by Crippen LogP contribution is 2.32. The Balaban J connectivity index is 1.50. The van der Waals surface area contributed by atoms with Crippen molar-refractivity contribution in [1.29, 1.82) is 0 Å². The van der Waals surface area contributed by atoms with E-state index in [0.717, 1.165) is 16.9 Å². The number of carbonyl (C=O) groups is 2. The third kappa shape index (κ3) is 5.88. The molecule has 1 aliphatic heterocycles. The zero-order chi connectivity index (χ0) is 27.0. The second kappa shape index (κ2) is 11.9. The Morgan fingerprint density at radius 3 is 2.08 bits per heavy atom. The molecule has 4 aromatic rings. The van der Waals surface area contributed by atoms with Gasteiger partial charge < -0.3 is 10.1 Å². The number of ether oxygens (including phenoxy) is 1. The number of anilines is 3. The molecule has 0 saturated carbocycles. The van der Waals surface area contributed by atoms with Gasteiger partial charge in [0.25, 0.3) is 5.91 Å². The predicted molar refractivity (Wildman–Crippen MR) is 156 cm³/mol. The van der Waals surface area contributed by atoms with Crippen molar-refractivity contribution in [3.05, 3.63) is 132 Å². The number of hydrazone groups is 1. The van der Waals surface area contributed by atoms with Crippen LogP contribution in [-0.2, 0) is 9.53 Å². The molecule has 1 unspecified atom stereocenters. The molecule has 1 aliphatic rings. The highest BCUT2D eigenvalue weighted by Gasteiger charge is 2.38. The normalized spacial score (nSPS) is 14.8. The van der Waals surface area contributed by atoms with Crippen LogP contribution in [0.3, 0.4) is 0 Å². The van der Waals surface area contributed by atoms with Crippen molar-refractivity contribution < 1.29 is 14.3 Å². The maximum atomic E-state index is 13.1. The van der Waals surface area contributed by atoms with E-state index >= 15 is 0 Å². The van der Waals surface area contributed by atoms with Crippen LogP contribution in [0.2, 0.25) is 0 Å². The van der Waals surface area contributed by atoms with Gasteiger partial charge >= 0.3 is 5.97 Å². The van der Waals surface area contributed by atoms with Crippen LogP contribution in [0, 0.1) is 0 Å². The molecule has 1 atom stereocenters. The average Bonchev–Trinajstić information content (AvgIpc) is 3.38. The number of benzene rings is 4. The maximum Gasteiger partial charge on any atom is 0.376 e. The number of hydrogen-bond acceptors (Lipinski definition) is 6. The van der Waals surface area contributed by atoms with Gasteiger partial charge in [-0.1, -0.05) is 72.8 Å². The summed E-state index contributed by atoms with van der Waals surface area (Å²) >= 11 is 0. The van der Waals surface area contributed by atoms with E-state index in [0.29, 0.717) is 11.3 Å². The molecule has 1 amide bonds. The summed E-state index contributed by atoms with van der Waals surface area (Å²) in [5.41, 5.74) is 3.78. The monoisotopic (exact) mass is 516 g/mol. The Hall–Kier alpha value is -5.17. The SMILES string of the molecule is CCOC(=O)C1=NN(c2ccccc2)C(C=Cc2ccccc2)N1c1ccc(NC(=O)c2ccccc2)cc1. The lowest BCUT2D eigenvalue weighted by Crippen LogP contribution is -2.43. The molecule has 7 nitrogen and oxygen atoms in total. The highest BCUT2D eigenvalue weighted by molar-refractivity contribution is 6.42. The van der Waals surface area contributed by atoms with E-state index in [-0.39, 0.29) is 18.3 Å². The molecule has 4 aromatic carbocycles. The van der Waals surface area contributed by atoms with E-state index in [2.05, 4.69) is 5.32 Å². The number of amides is 1. The molecule has 0 spiro atoms. The van der Waals surface area contributed by atoms with Crippen molar-refractivity contribution in [3.63, 3.8) is 0 Å². The van der Waals surface area contributed by atoms with Gasteiger partial charge in [0, 0.05) is 16.9 Å². The van der Waals surface area contributed by atoms with E-state index < -0.39 is 12.1 Å². The summed E-state index contributed by atoms with van der Waals surface area (Å²) in [6.45, 7) is 2.00. The van der Waals surface area contributed by atoms with Crippen LogP contribution >= 0.6 is 0 Å². The second-order valence-electron chi connectivity index (χ2n) is 8.74. The van der Waals surface area contributed by atoms with Crippen molar-refractivity contribution in [2.75, 3.05) is 21.8 Å². The van der Waals surface area contributed by atoms with Crippen LogP contribution in [0.25, 0.3) is 6.08 Å². The van der Waals surface area contributed by atoms with Gasteiger partial charge in [-0.15, -0.1) is 5.10 Å². The fourth-order valence-corrected chi connectivity index (χ4v) is 4.27. The minimum absolute atomic E-state index is 0.171. The van der Waals surface area contributed by atoms with Crippen LogP contribution in [0.5, 0.6) is 0 Å². The summed E-state index contributed by atoms with van der Waals surface area (Å²) < 4.78 is 5.38. The van der Waals surface area contributed by atoms with Gasteiger partial charge in [-0.25, -0.2) is 9.80 Å². The summed E-state index contributed by atoms with van der Waals surface area (Å²) in [7, 11) is 0. The zero-order valence-corrected chi connectivity index (χ0v) is 21.5. The third-order valence-electron chi connectivity index (χ3n) is 6.12. The molecule has 0 bridgehead atoms. The summed E-state index contributed by atoms with van der Waals surface area (Å²) in [4.78, 5) is 27.6. The number of hydrogen-bond donors (Lipinski definition) is 1. The summed E-state index contributed by atoms with van der Waals surface area (Å²) in [6.07, 6.45) is 3.56. The Kier molecular flexibility index (Phi) is 7.79. The minimum atomic E-state index is -0.518. The molecule has 39 heavy (non-hydrogen) atoms. The Morgan fingerprint density at radius 1 is 0.821 bits per heavy atom. The van der Waals surface area contributed by atoms with Crippen LogP contribution in [0.15, 0.2) is 126 Å². The number of para-hydroxylation sites is 1. The molecular weight excluding hydrogens is 488 g/mol. The first kappa shape index (κ1) is 25.5. The Bertz CT molecular complexity index is 1470. The molecule has 5 rings (SSSR count). The molecule has 1 N–H and O–H groups in total. The van der Waals surface area contributed by atoms with Crippen molar-refractivity contribution in [2.24, 2.45) is 5.10 Å². The van der Waals surface area contributed by atoms with Gasteiger partial charge in [0.15, 0.2) is 0 Å². The predicted octanol–water partition coefficient (Wildman–Crippen LogP) is 6.18. The lowest BCUT2D eigenvalue weighted by molar-refractivity contribution is -0.135. The number of carbonyl (C=O) groups excluding carboxylic acids is 2. The maximum absolute atomic E-state index is 13.1. The number of amidine groups is 1. The number of esters is 1. The van der Waals surface area contributed by atoms with E-state index in [1.165, 1.54) is 0 Å². The molecule has 194 valence electrons. The van der Waals surface area contributed by atoms with Gasteiger partial charge in [0.1, 0.15) is 6.17 Å². The molecule has 0 saturated heterocycles. The van der Waals surface area contributed by atoms with Crippen molar-refractivity contribution in [3.8, 4) is 0 Å². The molecule has 0 radical (unpaired) electrons. The molecule has 0 aromatic heterocycles. The molecule has 1 heterocycles.